The van der Waals surface area contributed by atoms with Crippen LogP contribution in [0, 0.1) is 0 Å². The van der Waals surface area contributed by atoms with E-state index in [2.05, 4.69) is 67.3 Å². The van der Waals surface area contributed by atoms with Gasteiger partial charge in [-0.05, 0) is 42.9 Å². The molecular weight excluding hydrogens is 634 g/mol. The molecule has 1 unspecified atom stereocenters. The number of carbonyl (C=O) groups is 1. The summed E-state index contributed by atoms with van der Waals surface area (Å²) >= 11 is -2.45. The lowest BCUT2D eigenvalue weighted by molar-refractivity contribution is 0.102. The van der Waals surface area contributed by atoms with E-state index in [0.717, 1.165) is 32.7 Å². The lowest BCUT2D eigenvalue weighted by atomic mass is 10.1. The van der Waals surface area contributed by atoms with Crippen molar-refractivity contribution in [2.24, 2.45) is 0 Å². The van der Waals surface area contributed by atoms with E-state index in [-0.39, 0.29) is 17.4 Å². The maximum atomic E-state index is 13.2. The molecule has 1 saturated heterocycles. The van der Waals surface area contributed by atoms with Gasteiger partial charge in [0.2, 0.25) is 5.95 Å². The molecule has 6 aromatic rings. The highest BCUT2D eigenvalue weighted by molar-refractivity contribution is 7.80. The van der Waals surface area contributed by atoms with Gasteiger partial charge in [-0.1, -0.05) is 12.1 Å². The average Bonchev–Trinajstić information content (AvgIpc) is 3.75. The standard InChI is InChI=1S/C31H31N13O3S/c1-42-10-12-43(13-11-42)18-20-2-5-23(6-3-20)38-30(45)27-25(17-37-40-27)39-28-24-8-9-44(29(24)36-19-35-28)31-33-15-22(16-34-31)21-4-7-26(32-14-21)41-48(46)47/h2-9,14-17,19H,10-13,18H2,1H3,(H,32,41)(H,37,40)(H,38,45)(H,46,47)(H,35,36,39)/p-1. The Hall–Kier alpha value is -5.62. The van der Waals surface area contributed by atoms with E-state index in [9.17, 15) is 13.6 Å². The zero-order valence-electron chi connectivity index (χ0n) is 25.7. The van der Waals surface area contributed by atoms with Crippen molar-refractivity contribution in [2.45, 2.75) is 6.54 Å². The zero-order chi connectivity index (χ0) is 33.0. The number of aromatic nitrogens is 8. The number of rotatable bonds is 10. The Labute approximate surface area is 277 Å². The van der Waals surface area contributed by atoms with E-state index >= 15 is 0 Å². The highest BCUT2D eigenvalue weighted by Crippen LogP contribution is 2.27. The number of hydrogen-bond acceptors (Lipinski definition) is 12. The second-order valence-electron chi connectivity index (χ2n) is 11.2. The van der Waals surface area contributed by atoms with Crippen molar-refractivity contribution in [3.05, 3.63) is 91.0 Å². The van der Waals surface area contributed by atoms with Crippen molar-refractivity contribution in [2.75, 3.05) is 48.6 Å². The van der Waals surface area contributed by atoms with Crippen LogP contribution < -0.4 is 15.4 Å². The van der Waals surface area contributed by atoms with E-state index in [1.54, 1.807) is 41.5 Å². The summed E-state index contributed by atoms with van der Waals surface area (Å²) in [5.74, 6) is 0.683. The summed E-state index contributed by atoms with van der Waals surface area (Å²) < 4.78 is 25.6. The van der Waals surface area contributed by atoms with Crippen LogP contribution in [0.2, 0.25) is 0 Å². The number of benzene rings is 1. The van der Waals surface area contributed by atoms with Crippen LogP contribution in [0.1, 0.15) is 16.1 Å². The molecule has 4 N–H and O–H groups in total. The molecule has 1 aromatic carbocycles. The molecule has 1 amide bonds. The van der Waals surface area contributed by atoms with E-state index in [1.165, 1.54) is 18.1 Å². The molecule has 1 atom stereocenters. The molecule has 1 aliphatic heterocycles. The molecule has 1 aliphatic rings. The highest BCUT2D eigenvalue weighted by Gasteiger charge is 2.19. The number of pyridine rings is 1. The van der Waals surface area contributed by atoms with Crippen LogP contribution in [0.5, 0.6) is 0 Å². The van der Waals surface area contributed by atoms with Crippen LogP contribution in [-0.4, -0.2) is 97.4 Å². The molecule has 16 nitrogen and oxygen atoms in total. The van der Waals surface area contributed by atoms with Gasteiger partial charge >= 0.3 is 0 Å². The molecule has 244 valence electrons. The molecule has 17 heteroatoms. The number of likely N-dealkylation sites (N-methyl/N-ethyl adjacent to an activating group) is 1. The molecule has 0 radical (unpaired) electrons. The lowest BCUT2D eigenvalue weighted by Gasteiger charge is -2.32. The smallest absolute Gasteiger partial charge is 0.278 e. The van der Waals surface area contributed by atoms with Crippen molar-refractivity contribution >= 4 is 51.2 Å². The van der Waals surface area contributed by atoms with Gasteiger partial charge < -0.3 is 24.8 Å². The average molecular weight is 665 g/mol. The van der Waals surface area contributed by atoms with Crippen molar-refractivity contribution in [3.63, 3.8) is 0 Å². The van der Waals surface area contributed by atoms with Gasteiger partial charge in [-0.15, -0.1) is 0 Å². The number of hydrogen-bond donors (Lipinski definition) is 4. The Morgan fingerprint density at radius 2 is 1.71 bits per heavy atom. The summed E-state index contributed by atoms with van der Waals surface area (Å²) in [6.07, 6.45) is 9.60. The second kappa shape index (κ2) is 13.6. The molecule has 5 aromatic heterocycles. The highest BCUT2D eigenvalue weighted by atomic mass is 32.2. The summed E-state index contributed by atoms with van der Waals surface area (Å²) in [5, 5.41) is 13.8. The molecular formula is C31H30N13O3S-. The molecule has 0 bridgehead atoms. The van der Waals surface area contributed by atoms with Crippen molar-refractivity contribution in [1.82, 2.24) is 49.5 Å². The number of fused-ring (bicyclic) bond motifs is 1. The normalized spacial score (nSPS) is 14.5. The van der Waals surface area contributed by atoms with Gasteiger partial charge in [0.1, 0.15) is 18.0 Å². The minimum atomic E-state index is -2.45. The largest absolute Gasteiger partial charge is 0.755 e. The topological polar surface area (TPSA) is 198 Å². The number of piperazine rings is 1. The Bertz CT molecular complexity index is 2060. The van der Waals surface area contributed by atoms with Gasteiger partial charge in [-0.2, -0.15) is 5.10 Å². The summed E-state index contributed by atoms with van der Waals surface area (Å²) in [6, 6.07) is 13.0. The summed E-state index contributed by atoms with van der Waals surface area (Å²) in [6.45, 7) is 5.09. The minimum Gasteiger partial charge on any atom is -0.755 e. The van der Waals surface area contributed by atoms with Crippen molar-refractivity contribution in [1.29, 1.82) is 0 Å². The fourth-order valence-electron chi connectivity index (χ4n) is 5.35. The minimum absolute atomic E-state index is 0.182. The maximum Gasteiger partial charge on any atom is 0.278 e. The second-order valence-corrected chi connectivity index (χ2v) is 11.9. The predicted octanol–water partition coefficient (Wildman–Crippen LogP) is 2.94. The number of nitrogens with one attached hydrogen (secondary N) is 4. The molecule has 1 fully saturated rings. The SMILES string of the molecule is CN1CCN(Cc2ccc(NC(=O)c3n[nH]cc3Nc3ncnc4c3ccn4-c3ncc(-c4ccc(NS(=O)[O-])nc4)cn3)cc2)CC1. The Kier molecular flexibility index (Phi) is 8.80. The van der Waals surface area contributed by atoms with Crippen LogP contribution in [-0.2, 0) is 17.8 Å². The molecule has 0 spiro atoms. The van der Waals surface area contributed by atoms with Crippen LogP contribution in [0.25, 0.3) is 28.1 Å². The Morgan fingerprint density at radius 3 is 2.44 bits per heavy atom. The first kappa shape index (κ1) is 31.0. The zero-order valence-corrected chi connectivity index (χ0v) is 26.5. The fourth-order valence-corrected chi connectivity index (χ4v) is 5.64. The van der Waals surface area contributed by atoms with E-state index in [1.807, 2.05) is 30.3 Å². The molecule has 0 saturated carbocycles. The van der Waals surface area contributed by atoms with E-state index < -0.39 is 11.3 Å². The molecule has 6 heterocycles. The summed E-state index contributed by atoms with van der Waals surface area (Å²) in [5.41, 5.74) is 4.46. The van der Waals surface area contributed by atoms with Crippen LogP contribution in [0.4, 0.5) is 23.0 Å². The van der Waals surface area contributed by atoms with Gasteiger partial charge in [-0.3, -0.25) is 23.6 Å². The number of aromatic amines is 1. The first-order valence-corrected chi connectivity index (χ1v) is 16.1. The number of H-pyrrole nitrogens is 1. The van der Waals surface area contributed by atoms with Crippen LogP contribution in [0.3, 0.4) is 0 Å². The van der Waals surface area contributed by atoms with Crippen molar-refractivity contribution < 1.29 is 13.6 Å². The maximum absolute atomic E-state index is 13.2. The van der Waals surface area contributed by atoms with Gasteiger partial charge in [0.15, 0.2) is 11.3 Å². The van der Waals surface area contributed by atoms with E-state index in [4.69, 9.17) is 0 Å². The van der Waals surface area contributed by atoms with Gasteiger partial charge in [0, 0.05) is 91.8 Å². The van der Waals surface area contributed by atoms with Gasteiger partial charge in [0.25, 0.3) is 5.91 Å². The summed E-state index contributed by atoms with van der Waals surface area (Å²) in [4.78, 5) is 39.9. The Morgan fingerprint density at radius 1 is 0.938 bits per heavy atom. The molecule has 0 aliphatic carbocycles. The lowest BCUT2D eigenvalue weighted by Crippen LogP contribution is -2.43. The quantitative estimate of drug-likeness (QED) is 0.157. The van der Waals surface area contributed by atoms with Gasteiger partial charge in [-0.25, -0.2) is 24.9 Å². The fraction of sp³-hybridized carbons (Fsp3) is 0.194. The Balaban J connectivity index is 1.03. The number of carbonyl (C=O) groups excluding carboxylic acids is 1. The van der Waals surface area contributed by atoms with E-state index in [0.29, 0.717) is 45.3 Å². The third kappa shape index (κ3) is 6.88. The number of amides is 1. The third-order valence-corrected chi connectivity index (χ3v) is 8.32. The molecule has 7 rings (SSSR count). The third-order valence-electron chi connectivity index (χ3n) is 7.94. The first-order valence-electron chi connectivity index (χ1n) is 15.0. The number of anilines is 4. The van der Waals surface area contributed by atoms with Gasteiger partial charge in [0.05, 0.1) is 11.1 Å². The predicted molar refractivity (Wildman–Crippen MR) is 179 cm³/mol. The van der Waals surface area contributed by atoms with Crippen molar-refractivity contribution in [3.8, 4) is 17.1 Å². The molecule has 48 heavy (non-hydrogen) atoms. The summed E-state index contributed by atoms with van der Waals surface area (Å²) in [7, 11) is 2.14. The number of nitrogens with zero attached hydrogens (tertiary/aromatic N) is 9. The van der Waals surface area contributed by atoms with Crippen LogP contribution in [0.15, 0.2) is 79.8 Å². The monoisotopic (exact) mass is 664 g/mol. The van der Waals surface area contributed by atoms with Crippen LogP contribution >= 0.6 is 0 Å². The first-order chi connectivity index (χ1) is 23.4.